The molecule has 0 spiro atoms. The summed E-state index contributed by atoms with van der Waals surface area (Å²) in [6.07, 6.45) is 0.809. The molecule has 28 heavy (non-hydrogen) atoms. The molecule has 0 aliphatic heterocycles. The third-order valence-corrected chi connectivity index (χ3v) is 5.14. The fourth-order valence-corrected chi connectivity index (χ4v) is 3.62. The SMILES string of the molecule is Cc1cccc(OCc2nnc(SCCCn3c(=O)[nH]c4ccccc43)o2)c1. The number of imidazole rings is 1. The van der Waals surface area contributed by atoms with Crippen LogP contribution in [0.2, 0.25) is 0 Å². The van der Waals surface area contributed by atoms with Crippen molar-refractivity contribution in [3.8, 4) is 5.75 Å². The molecular formula is C20H20N4O3S. The van der Waals surface area contributed by atoms with E-state index in [1.54, 1.807) is 4.57 Å². The molecule has 2 aromatic carbocycles. The van der Waals surface area contributed by atoms with Gasteiger partial charge in [-0.3, -0.25) is 4.57 Å². The third kappa shape index (κ3) is 4.28. The zero-order valence-corrected chi connectivity index (χ0v) is 16.2. The summed E-state index contributed by atoms with van der Waals surface area (Å²) < 4.78 is 13.0. The molecule has 7 nitrogen and oxygen atoms in total. The number of ether oxygens (including phenoxy) is 1. The quantitative estimate of drug-likeness (QED) is 0.360. The van der Waals surface area contributed by atoms with E-state index in [9.17, 15) is 4.79 Å². The van der Waals surface area contributed by atoms with Crippen molar-refractivity contribution in [2.24, 2.45) is 0 Å². The van der Waals surface area contributed by atoms with Crippen molar-refractivity contribution < 1.29 is 9.15 Å². The molecule has 0 fully saturated rings. The van der Waals surface area contributed by atoms with Gasteiger partial charge in [-0.2, -0.15) is 0 Å². The van der Waals surface area contributed by atoms with Gasteiger partial charge < -0.3 is 14.1 Å². The predicted molar refractivity (Wildman–Crippen MR) is 108 cm³/mol. The maximum absolute atomic E-state index is 12.1. The van der Waals surface area contributed by atoms with Gasteiger partial charge in [0.05, 0.1) is 11.0 Å². The number of H-pyrrole nitrogens is 1. The smallest absolute Gasteiger partial charge is 0.326 e. The summed E-state index contributed by atoms with van der Waals surface area (Å²) in [7, 11) is 0. The summed E-state index contributed by atoms with van der Waals surface area (Å²) in [6, 6.07) is 15.5. The Morgan fingerprint density at radius 2 is 2.07 bits per heavy atom. The van der Waals surface area contributed by atoms with Crippen molar-refractivity contribution in [1.82, 2.24) is 19.7 Å². The number of nitrogens with one attached hydrogen (secondary N) is 1. The van der Waals surface area contributed by atoms with Crippen LogP contribution in [0.5, 0.6) is 5.75 Å². The lowest BCUT2D eigenvalue weighted by Gasteiger charge is -2.03. The molecule has 144 valence electrons. The van der Waals surface area contributed by atoms with Crippen molar-refractivity contribution in [2.45, 2.75) is 31.7 Å². The molecule has 0 unspecified atom stereocenters. The summed E-state index contributed by atoms with van der Waals surface area (Å²) in [5.74, 6) is 1.99. The average molecular weight is 396 g/mol. The van der Waals surface area contributed by atoms with Crippen LogP contribution in [0.25, 0.3) is 11.0 Å². The summed E-state index contributed by atoms with van der Waals surface area (Å²) in [5, 5.41) is 8.56. The van der Waals surface area contributed by atoms with E-state index in [2.05, 4.69) is 15.2 Å². The number of aryl methyl sites for hydroxylation is 2. The molecule has 2 aromatic heterocycles. The first-order valence-corrected chi connectivity index (χ1v) is 10.00. The van der Waals surface area contributed by atoms with Gasteiger partial charge >= 0.3 is 5.69 Å². The largest absolute Gasteiger partial charge is 0.484 e. The highest BCUT2D eigenvalue weighted by molar-refractivity contribution is 7.99. The average Bonchev–Trinajstić information content (AvgIpc) is 3.27. The van der Waals surface area contributed by atoms with Gasteiger partial charge in [0.25, 0.3) is 11.1 Å². The molecule has 8 heteroatoms. The number of para-hydroxylation sites is 2. The second kappa shape index (κ2) is 8.35. The number of rotatable bonds is 8. The van der Waals surface area contributed by atoms with Crippen molar-refractivity contribution in [1.29, 1.82) is 0 Å². The lowest BCUT2D eigenvalue weighted by molar-refractivity contribution is 0.252. The summed E-state index contributed by atoms with van der Waals surface area (Å²) in [4.78, 5) is 14.9. The Morgan fingerprint density at radius 1 is 1.18 bits per heavy atom. The van der Waals surface area contributed by atoms with Crippen LogP contribution in [0.15, 0.2) is 63.0 Å². The topological polar surface area (TPSA) is 85.9 Å². The molecule has 2 heterocycles. The van der Waals surface area contributed by atoms with Gasteiger partial charge in [0.1, 0.15) is 5.75 Å². The fraction of sp³-hybridized carbons (Fsp3) is 0.250. The van der Waals surface area contributed by atoms with Crippen LogP contribution in [-0.2, 0) is 13.2 Å². The fourth-order valence-electron chi connectivity index (χ4n) is 2.92. The molecule has 4 aromatic rings. The van der Waals surface area contributed by atoms with E-state index in [0.29, 0.717) is 17.7 Å². The minimum absolute atomic E-state index is 0.0837. The molecule has 0 radical (unpaired) electrons. The van der Waals surface area contributed by atoms with Gasteiger partial charge in [-0.15, -0.1) is 10.2 Å². The predicted octanol–water partition coefficient (Wildman–Crippen LogP) is 3.78. The zero-order valence-electron chi connectivity index (χ0n) is 15.4. The molecule has 0 amide bonds. The van der Waals surface area contributed by atoms with E-state index in [1.165, 1.54) is 11.8 Å². The summed E-state index contributed by atoms with van der Waals surface area (Å²) in [5.41, 5.74) is 2.83. The van der Waals surface area contributed by atoms with Crippen LogP contribution >= 0.6 is 11.8 Å². The van der Waals surface area contributed by atoms with Crippen LogP contribution < -0.4 is 10.4 Å². The second-order valence-electron chi connectivity index (χ2n) is 6.37. The Morgan fingerprint density at radius 3 is 2.96 bits per heavy atom. The van der Waals surface area contributed by atoms with Crippen molar-refractivity contribution in [3.63, 3.8) is 0 Å². The van der Waals surface area contributed by atoms with Crippen LogP contribution in [-0.4, -0.2) is 25.5 Å². The van der Waals surface area contributed by atoms with Crippen LogP contribution in [0.4, 0.5) is 0 Å². The number of fused-ring (bicyclic) bond motifs is 1. The molecule has 0 bridgehead atoms. The Hall–Kier alpha value is -3.00. The third-order valence-electron chi connectivity index (χ3n) is 4.23. The van der Waals surface area contributed by atoms with Crippen LogP contribution in [0.3, 0.4) is 0 Å². The Balaban J connectivity index is 1.26. The van der Waals surface area contributed by atoms with E-state index in [0.717, 1.165) is 34.5 Å². The van der Waals surface area contributed by atoms with E-state index in [4.69, 9.17) is 9.15 Å². The molecule has 0 saturated heterocycles. The van der Waals surface area contributed by atoms with Gasteiger partial charge in [-0.25, -0.2) is 4.79 Å². The van der Waals surface area contributed by atoms with E-state index in [-0.39, 0.29) is 12.3 Å². The van der Waals surface area contributed by atoms with E-state index in [1.807, 2.05) is 55.5 Å². The van der Waals surface area contributed by atoms with Gasteiger partial charge in [0.15, 0.2) is 6.61 Å². The van der Waals surface area contributed by atoms with E-state index >= 15 is 0 Å². The summed E-state index contributed by atoms with van der Waals surface area (Å²) >= 11 is 1.48. The highest BCUT2D eigenvalue weighted by atomic mass is 32.2. The van der Waals surface area contributed by atoms with Crippen molar-refractivity contribution in [2.75, 3.05) is 5.75 Å². The molecule has 0 aliphatic carbocycles. The van der Waals surface area contributed by atoms with Gasteiger partial charge in [0, 0.05) is 12.3 Å². The maximum atomic E-state index is 12.1. The Labute approximate surface area is 165 Å². The number of hydrogen-bond acceptors (Lipinski definition) is 6. The number of aromatic amines is 1. The lowest BCUT2D eigenvalue weighted by Crippen LogP contribution is -2.17. The van der Waals surface area contributed by atoms with Crippen LogP contribution in [0.1, 0.15) is 17.9 Å². The molecule has 1 N–H and O–H groups in total. The number of thioether (sulfide) groups is 1. The molecule has 4 rings (SSSR count). The van der Waals surface area contributed by atoms with Gasteiger partial charge in [-0.05, 0) is 43.2 Å². The minimum atomic E-state index is -0.0837. The first kappa shape index (κ1) is 18.4. The van der Waals surface area contributed by atoms with Crippen molar-refractivity contribution >= 4 is 22.8 Å². The number of aromatic nitrogens is 4. The number of hydrogen-bond donors (Lipinski definition) is 1. The van der Waals surface area contributed by atoms with Gasteiger partial charge in [0.2, 0.25) is 0 Å². The second-order valence-corrected chi connectivity index (χ2v) is 7.41. The first-order chi connectivity index (χ1) is 13.7. The maximum Gasteiger partial charge on any atom is 0.326 e. The highest BCUT2D eigenvalue weighted by Crippen LogP contribution is 2.19. The molecule has 0 atom stereocenters. The monoisotopic (exact) mass is 396 g/mol. The van der Waals surface area contributed by atoms with E-state index < -0.39 is 0 Å². The Bertz CT molecular complexity index is 1130. The molecule has 0 saturated carbocycles. The van der Waals surface area contributed by atoms with Gasteiger partial charge in [-0.1, -0.05) is 36.0 Å². The number of benzene rings is 2. The van der Waals surface area contributed by atoms with Crippen LogP contribution in [0, 0.1) is 6.92 Å². The number of nitrogens with zero attached hydrogens (tertiary/aromatic N) is 3. The minimum Gasteiger partial charge on any atom is -0.484 e. The lowest BCUT2D eigenvalue weighted by atomic mass is 10.2. The molecule has 0 aliphatic rings. The van der Waals surface area contributed by atoms with Crippen molar-refractivity contribution in [3.05, 3.63) is 70.5 Å². The standard InChI is InChI=1S/C20H20N4O3S/c1-14-6-4-7-15(12-14)26-13-18-22-23-20(27-18)28-11-5-10-24-17-9-3-2-8-16(17)21-19(24)25/h2-4,6-9,12H,5,10-11,13H2,1H3,(H,21,25). The zero-order chi connectivity index (χ0) is 19.3. The summed E-state index contributed by atoms with van der Waals surface area (Å²) in [6.45, 7) is 2.88. The first-order valence-electron chi connectivity index (χ1n) is 9.01. The Kier molecular flexibility index (Phi) is 5.48. The molecular weight excluding hydrogens is 376 g/mol. The highest BCUT2D eigenvalue weighted by Gasteiger charge is 2.09. The normalized spacial score (nSPS) is 11.2.